The molecule has 0 bridgehead atoms. The van der Waals surface area contributed by atoms with Crippen molar-refractivity contribution in [2.24, 2.45) is 0 Å². The zero-order valence-electron chi connectivity index (χ0n) is 9.15. The van der Waals surface area contributed by atoms with Gasteiger partial charge in [-0.1, -0.05) is 0 Å². The highest BCUT2D eigenvalue weighted by Gasteiger charge is 2.13. The zero-order valence-corrected chi connectivity index (χ0v) is 9.15. The van der Waals surface area contributed by atoms with Crippen LogP contribution < -0.4 is 5.32 Å². The fourth-order valence-corrected chi connectivity index (χ4v) is 1.08. The monoisotopic (exact) mass is 209 g/mol. The Morgan fingerprint density at radius 1 is 1.67 bits per heavy atom. The van der Waals surface area contributed by atoms with Crippen LogP contribution in [0.5, 0.6) is 0 Å². The molecule has 0 fully saturated rings. The van der Waals surface area contributed by atoms with E-state index >= 15 is 0 Å². The molecule has 1 aromatic heterocycles. The summed E-state index contributed by atoms with van der Waals surface area (Å²) in [6.07, 6.45) is 1.64. The molecule has 0 aliphatic carbocycles. The number of rotatable bonds is 4. The third-order valence-corrected chi connectivity index (χ3v) is 1.78. The number of carbonyl (C=O) groups is 1. The van der Waals surface area contributed by atoms with Crippen molar-refractivity contribution in [3.8, 4) is 0 Å². The molecule has 1 N–H and O–H groups in total. The zero-order chi connectivity index (χ0) is 11.3. The molecule has 1 heterocycles. The van der Waals surface area contributed by atoms with Crippen molar-refractivity contribution >= 4 is 11.8 Å². The lowest BCUT2D eigenvalue weighted by atomic mass is 10.3. The Morgan fingerprint density at radius 3 is 3.00 bits per heavy atom. The van der Waals surface area contributed by atoms with Crippen LogP contribution in [-0.2, 0) is 9.53 Å². The topological polar surface area (TPSA) is 64.1 Å². The largest absolute Gasteiger partial charge is 0.464 e. The minimum absolute atomic E-state index is 0.284. The Morgan fingerprint density at radius 2 is 2.40 bits per heavy atom. The number of hydrogen-bond acceptors (Lipinski definition) is 5. The highest BCUT2D eigenvalue weighted by atomic mass is 16.5. The summed E-state index contributed by atoms with van der Waals surface area (Å²) < 4.78 is 4.86. The molecule has 5 nitrogen and oxygen atoms in total. The Hall–Kier alpha value is -1.65. The van der Waals surface area contributed by atoms with Gasteiger partial charge in [0.05, 0.1) is 6.61 Å². The molecule has 15 heavy (non-hydrogen) atoms. The standard InChI is InChI=1S/C10H15N3O2/c1-4-15-10(14)7(2)12-9-5-6-11-8(3)13-9/h5-7H,4H2,1-3H3,(H,11,12,13). The molecule has 0 radical (unpaired) electrons. The summed E-state index contributed by atoms with van der Waals surface area (Å²) in [5.41, 5.74) is 0. The van der Waals surface area contributed by atoms with Gasteiger partial charge < -0.3 is 10.1 Å². The van der Waals surface area contributed by atoms with Crippen LogP contribution in [-0.4, -0.2) is 28.6 Å². The molecule has 1 aromatic rings. The summed E-state index contributed by atoms with van der Waals surface area (Å²) in [5.74, 6) is 1.01. The average molecular weight is 209 g/mol. The van der Waals surface area contributed by atoms with Crippen LogP contribution in [0.4, 0.5) is 5.82 Å². The first-order valence-corrected chi connectivity index (χ1v) is 4.86. The van der Waals surface area contributed by atoms with Crippen molar-refractivity contribution in [1.29, 1.82) is 0 Å². The van der Waals surface area contributed by atoms with Crippen molar-refractivity contribution in [3.63, 3.8) is 0 Å². The van der Waals surface area contributed by atoms with E-state index in [4.69, 9.17) is 4.74 Å². The first-order chi connectivity index (χ1) is 7.13. The molecule has 1 atom stereocenters. The minimum Gasteiger partial charge on any atom is -0.464 e. The predicted molar refractivity (Wildman–Crippen MR) is 56.5 cm³/mol. The molecule has 82 valence electrons. The number of aryl methyl sites for hydroxylation is 1. The van der Waals surface area contributed by atoms with Gasteiger partial charge in [0, 0.05) is 6.20 Å². The Balaban J connectivity index is 2.58. The number of esters is 1. The summed E-state index contributed by atoms with van der Waals surface area (Å²) in [4.78, 5) is 19.4. The van der Waals surface area contributed by atoms with Crippen molar-refractivity contribution in [2.75, 3.05) is 11.9 Å². The number of hydrogen-bond donors (Lipinski definition) is 1. The second-order valence-electron chi connectivity index (χ2n) is 3.11. The van der Waals surface area contributed by atoms with Crippen LogP contribution in [0.1, 0.15) is 19.7 Å². The molecule has 0 saturated carbocycles. The molecular formula is C10H15N3O2. The quantitative estimate of drug-likeness (QED) is 0.753. The van der Waals surface area contributed by atoms with Crippen LogP contribution in [0.3, 0.4) is 0 Å². The lowest BCUT2D eigenvalue weighted by Crippen LogP contribution is -2.28. The van der Waals surface area contributed by atoms with Gasteiger partial charge in [-0.3, -0.25) is 0 Å². The number of nitrogens with zero attached hydrogens (tertiary/aromatic N) is 2. The summed E-state index contributed by atoms with van der Waals surface area (Å²) in [5, 5.41) is 2.94. The van der Waals surface area contributed by atoms with Gasteiger partial charge in [-0.25, -0.2) is 14.8 Å². The number of carbonyl (C=O) groups excluding carboxylic acids is 1. The summed E-state index contributed by atoms with van der Waals surface area (Å²) in [6.45, 7) is 5.68. The van der Waals surface area contributed by atoms with Crippen LogP contribution in [0.15, 0.2) is 12.3 Å². The number of ether oxygens (including phenoxy) is 1. The van der Waals surface area contributed by atoms with Gasteiger partial charge in [-0.05, 0) is 26.8 Å². The molecule has 0 aromatic carbocycles. The van der Waals surface area contributed by atoms with Crippen LogP contribution in [0.25, 0.3) is 0 Å². The number of anilines is 1. The molecule has 0 amide bonds. The maximum atomic E-state index is 11.3. The van der Waals surface area contributed by atoms with Crippen molar-refractivity contribution in [3.05, 3.63) is 18.1 Å². The van der Waals surface area contributed by atoms with Gasteiger partial charge in [-0.15, -0.1) is 0 Å². The SMILES string of the molecule is CCOC(=O)C(C)Nc1ccnc(C)n1. The Bertz CT molecular complexity index is 341. The van der Waals surface area contributed by atoms with Crippen molar-refractivity contribution < 1.29 is 9.53 Å². The molecular weight excluding hydrogens is 194 g/mol. The van der Waals surface area contributed by atoms with Gasteiger partial charge in [0.1, 0.15) is 17.7 Å². The maximum Gasteiger partial charge on any atom is 0.328 e. The van der Waals surface area contributed by atoms with Crippen LogP contribution >= 0.6 is 0 Å². The first-order valence-electron chi connectivity index (χ1n) is 4.86. The van der Waals surface area contributed by atoms with E-state index in [2.05, 4.69) is 15.3 Å². The van der Waals surface area contributed by atoms with Gasteiger partial charge in [0.2, 0.25) is 0 Å². The van der Waals surface area contributed by atoms with Crippen LogP contribution in [0.2, 0.25) is 0 Å². The number of nitrogens with one attached hydrogen (secondary N) is 1. The molecule has 0 saturated heterocycles. The van der Waals surface area contributed by atoms with E-state index < -0.39 is 6.04 Å². The maximum absolute atomic E-state index is 11.3. The second kappa shape index (κ2) is 5.29. The molecule has 1 unspecified atom stereocenters. The Kier molecular flexibility index (Phi) is 4.03. The van der Waals surface area contributed by atoms with Gasteiger partial charge in [-0.2, -0.15) is 0 Å². The molecule has 1 rings (SSSR count). The molecule has 0 aliphatic heterocycles. The second-order valence-corrected chi connectivity index (χ2v) is 3.11. The molecule has 0 aliphatic rings. The van der Waals surface area contributed by atoms with Gasteiger partial charge in [0.15, 0.2) is 0 Å². The first kappa shape index (κ1) is 11.4. The van der Waals surface area contributed by atoms with Crippen molar-refractivity contribution in [1.82, 2.24) is 9.97 Å². The van der Waals surface area contributed by atoms with E-state index in [0.717, 1.165) is 0 Å². The summed E-state index contributed by atoms with van der Waals surface area (Å²) in [6, 6.07) is 1.31. The van der Waals surface area contributed by atoms with Gasteiger partial charge >= 0.3 is 5.97 Å². The van der Waals surface area contributed by atoms with Gasteiger partial charge in [0.25, 0.3) is 0 Å². The van der Waals surface area contributed by atoms with E-state index in [1.807, 2.05) is 0 Å². The minimum atomic E-state index is -0.403. The lowest BCUT2D eigenvalue weighted by molar-refractivity contribution is -0.143. The average Bonchev–Trinajstić information content (AvgIpc) is 2.18. The number of aromatic nitrogens is 2. The fourth-order valence-electron chi connectivity index (χ4n) is 1.08. The normalized spacial score (nSPS) is 11.9. The van der Waals surface area contributed by atoms with E-state index in [-0.39, 0.29) is 5.97 Å². The predicted octanol–water partition coefficient (Wildman–Crippen LogP) is 1.15. The highest BCUT2D eigenvalue weighted by molar-refractivity contribution is 5.78. The highest BCUT2D eigenvalue weighted by Crippen LogP contribution is 2.04. The third kappa shape index (κ3) is 3.53. The third-order valence-electron chi connectivity index (χ3n) is 1.78. The smallest absolute Gasteiger partial charge is 0.328 e. The van der Waals surface area contributed by atoms with E-state index in [1.54, 1.807) is 33.0 Å². The Labute approximate surface area is 88.9 Å². The van der Waals surface area contributed by atoms with Crippen LogP contribution in [0, 0.1) is 6.92 Å². The lowest BCUT2D eigenvalue weighted by Gasteiger charge is -2.12. The van der Waals surface area contributed by atoms with E-state index in [0.29, 0.717) is 18.2 Å². The summed E-state index contributed by atoms with van der Waals surface area (Å²) >= 11 is 0. The molecule has 5 heteroatoms. The van der Waals surface area contributed by atoms with Crippen molar-refractivity contribution in [2.45, 2.75) is 26.8 Å². The van der Waals surface area contributed by atoms with E-state index in [1.165, 1.54) is 0 Å². The molecule has 0 spiro atoms. The summed E-state index contributed by atoms with van der Waals surface area (Å²) in [7, 11) is 0. The van der Waals surface area contributed by atoms with E-state index in [9.17, 15) is 4.79 Å². The fraction of sp³-hybridized carbons (Fsp3) is 0.500.